The molecule has 2 amide bonds. The Morgan fingerprint density at radius 3 is 2.27 bits per heavy atom. The van der Waals surface area contributed by atoms with Crippen LogP contribution >= 0.6 is 11.3 Å². The van der Waals surface area contributed by atoms with Crippen LogP contribution in [-0.2, 0) is 0 Å². The van der Waals surface area contributed by atoms with Gasteiger partial charge >= 0.3 is 0 Å². The van der Waals surface area contributed by atoms with Gasteiger partial charge in [-0.25, -0.2) is 9.37 Å². The normalized spacial score (nSPS) is 10.4. The minimum absolute atomic E-state index is 0.198. The molecule has 3 rings (SSSR count). The van der Waals surface area contributed by atoms with E-state index in [1.165, 1.54) is 23.5 Å². The molecule has 0 fully saturated rings. The first-order valence-electron chi connectivity index (χ1n) is 7.85. The van der Waals surface area contributed by atoms with Crippen molar-refractivity contribution in [3.63, 3.8) is 0 Å². The van der Waals surface area contributed by atoms with Crippen LogP contribution in [0.4, 0.5) is 10.1 Å². The Bertz CT molecular complexity index is 950. The van der Waals surface area contributed by atoms with E-state index in [2.05, 4.69) is 15.6 Å². The van der Waals surface area contributed by atoms with E-state index in [9.17, 15) is 14.0 Å². The number of hydrogen-bond donors (Lipinski definition) is 2. The molecule has 0 aliphatic heterocycles. The highest BCUT2D eigenvalue weighted by molar-refractivity contribution is 7.15. The van der Waals surface area contributed by atoms with Gasteiger partial charge in [0.2, 0.25) is 0 Å². The van der Waals surface area contributed by atoms with Crippen LogP contribution in [0.5, 0.6) is 0 Å². The quantitative estimate of drug-likeness (QED) is 0.733. The van der Waals surface area contributed by atoms with E-state index in [0.29, 0.717) is 16.1 Å². The molecular weight excluding hydrogens is 353 g/mol. The van der Waals surface area contributed by atoms with Crippen molar-refractivity contribution < 1.29 is 14.0 Å². The molecule has 0 atom stereocenters. The number of aryl methyl sites for hydroxylation is 1. The second-order valence-electron chi connectivity index (χ2n) is 5.53. The largest absolute Gasteiger partial charge is 0.355 e. The monoisotopic (exact) mass is 369 g/mol. The van der Waals surface area contributed by atoms with Crippen LogP contribution in [-0.4, -0.2) is 23.8 Å². The molecule has 0 aliphatic carbocycles. The molecule has 0 spiro atoms. The summed E-state index contributed by atoms with van der Waals surface area (Å²) in [5.41, 5.74) is 2.08. The Labute approximate surface area is 153 Å². The number of carbonyl (C=O) groups is 2. The zero-order valence-corrected chi connectivity index (χ0v) is 15.0. The minimum atomic E-state index is -0.360. The van der Waals surface area contributed by atoms with E-state index in [4.69, 9.17) is 0 Å². The lowest BCUT2D eigenvalue weighted by Crippen LogP contribution is -2.18. The number of aromatic nitrogens is 1. The number of amides is 2. The Kier molecular flexibility index (Phi) is 5.09. The summed E-state index contributed by atoms with van der Waals surface area (Å²) in [5, 5.41) is 6.05. The third kappa shape index (κ3) is 3.78. The predicted molar refractivity (Wildman–Crippen MR) is 100 cm³/mol. The van der Waals surface area contributed by atoms with Crippen LogP contribution in [0.1, 0.15) is 25.9 Å². The SMILES string of the molecule is CNC(=O)c1ccc(NC(=O)c2nc(C)sc2-c2ccc(F)cc2)cc1. The highest BCUT2D eigenvalue weighted by Crippen LogP contribution is 2.30. The molecule has 0 saturated heterocycles. The smallest absolute Gasteiger partial charge is 0.275 e. The molecule has 0 radical (unpaired) electrons. The molecule has 0 bridgehead atoms. The van der Waals surface area contributed by atoms with Crippen LogP contribution in [0.3, 0.4) is 0 Å². The first-order valence-corrected chi connectivity index (χ1v) is 8.66. The standard InChI is InChI=1S/C19H16FN3O2S/c1-11-22-16(17(26-11)12-3-7-14(20)8-4-12)19(25)23-15-9-5-13(6-10-15)18(24)21-2/h3-10H,1-2H3,(H,21,24)(H,23,25). The summed E-state index contributed by atoms with van der Waals surface area (Å²) in [7, 11) is 1.56. The number of carbonyl (C=O) groups excluding carboxylic acids is 2. The van der Waals surface area contributed by atoms with E-state index in [0.717, 1.165) is 10.6 Å². The molecule has 26 heavy (non-hydrogen) atoms. The third-order valence-electron chi connectivity index (χ3n) is 3.69. The van der Waals surface area contributed by atoms with Crippen molar-refractivity contribution >= 4 is 28.8 Å². The molecule has 5 nitrogen and oxygen atoms in total. The summed E-state index contributed by atoms with van der Waals surface area (Å²) in [6.45, 7) is 1.81. The van der Waals surface area contributed by atoms with Gasteiger partial charge in [0.15, 0.2) is 0 Å². The summed E-state index contributed by atoms with van der Waals surface area (Å²) in [6.07, 6.45) is 0. The topological polar surface area (TPSA) is 71.1 Å². The zero-order chi connectivity index (χ0) is 18.7. The van der Waals surface area contributed by atoms with Crippen molar-refractivity contribution in [2.24, 2.45) is 0 Å². The van der Waals surface area contributed by atoms with Crippen LogP contribution < -0.4 is 10.6 Å². The van der Waals surface area contributed by atoms with Crippen LogP contribution in [0.15, 0.2) is 48.5 Å². The number of nitrogens with one attached hydrogen (secondary N) is 2. The summed E-state index contributed by atoms with van der Waals surface area (Å²) >= 11 is 1.37. The van der Waals surface area contributed by atoms with E-state index >= 15 is 0 Å². The maximum Gasteiger partial charge on any atom is 0.275 e. The molecule has 3 aromatic rings. The predicted octanol–water partition coefficient (Wildman–Crippen LogP) is 3.87. The van der Waals surface area contributed by atoms with E-state index in [1.807, 2.05) is 6.92 Å². The van der Waals surface area contributed by atoms with E-state index < -0.39 is 0 Å². The van der Waals surface area contributed by atoms with Gasteiger partial charge in [0.05, 0.1) is 9.88 Å². The fraction of sp³-hybridized carbons (Fsp3) is 0.105. The molecule has 132 valence electrons. The Morgan fingerprint density at radius 2 is 1.65 bits per heavy atom. The average molecular weight is 369 g/mol. The Hall–Kier alpha value is -3.06. The molecule has 7 heteroatoms. The number of benzene rings is 2. The van der Waals surface area contributed by atoms with Gasteiger partial charge in [-0.05, 0) is 48.9 Å². The van der Waals surface area contributed by atoms with Gasteiger partial charge in [0.25, 0.3) is 11.8 Å². The first-order chi connectivity index (χ1) is 12.5. The minimum Gasteiger partial charge on any atom is -0.355 e. The van der Waals surface area contributed by atoms with Crippen molar-refractivity contribution in [3.05, 3.63) is 70.6 Å². The van der Waals surface area contributed by atoms with Gasteiger partial charge in [-0.2, -0.15) is 0 Å². The molecule has 1 aromatic heterocycles. The van der Waals surface area contributed by atoms with E-state index in [-0.39, 0.29) is 23.3 Å². The van der Waals surface area contributed by atoms with Crippen molar-refractivity contribution in [2.75, 3.05) is 12.4 Å². The molecule has 2 N–H and O–H groups in total. The summed E-state index contributed by atoms with van der Waals surface area (Å²) < 4.78 is 13.1. The molecular formula is C19H16FN3O2S. The van der Waals surface area contributed by atoms with E-state index in [1.54, 1.807) is 43.4 Å². The highest BCUT2D eigenvalue weighted by atomic mass is 32.1. The number of nitrogens with zero attached hydrogens (tertiary/aromatic N) is 1. The van der Waals surface area contributed by atoms with Gasteiger partial charge in [0.1, 0.15) is 11.5 Å². The van der Waals surface area contributed by atoms with Gasteiger partial charge in [-0.15, -0.1) is 11.3 Å². The fourth-order valence-electron chi connectivity index (χ4n) is 2.42. The first kappa shape index (κ1) is 17.8. The molecule has 0 saturated carbocycles. The average Bonchev–Trinajstić information content (AvgIpc) is 3.04. The lowest BCUT2D eigenvalue weighted by atomic mass is 10.1. The number of hydrogen-bond acceptors (Lipinski definition) is 4. The molecule has 1 heterocycles. The number of rotatable bonds is 4. The van der Waals surface area contributed by atoms with Crippen molar-refractivity contribution in [1.29, 1.82) is 0 Å². The third-order valence-corrected chi connectivity index (χ3v) is 4.71. The summed E-state index contributed by atoms with van der Waals surface area (Å²) in [6, 6.07) is 12.5. The lowest BCUT2D eigenvalue weighted by molar-refractivity contribution is 0.0962. The Balaban J connectivity index is 1.84. The maximum absolute atomic E-state index is 13.1. The second-order valence-corrected chi connectivity index (χ2v) is 6.73. The fourth-order valence-corrected chi connectivity index (χ4v) is 3.34. The van der Waals surface area contributed by atoms with Gasteiger partial charge in [-0.1, -0.05) is 12.1 Å². The van der Waals surface area contributed by atoms with Crippen molar-refractivity contribution in [2.45, 2.75) is 6.92 Å². The lowest BCUT2D eigenvalue weighted by Gasteiger charge is -2.06. The van der Waals surface area contributed by atoms with Crippen molar-refractivity contribution in [3.8, 4) is 10.4 Å². The van der Waals surface area contributed by atoms with Crippen LogP contribution in [0.2, 0.25) is 0 Å². The second kappa shape index (κ2) is 7.45. The molecule has 0 unspecified atom stereocenters. The summed E-state index contributed by atoms with van der Waals surface area (Å²) in [4.78, 5) is 29.2. The summed E-state index contributed by atoms with van der Waals surface area (Å²) in [5.74, 6) is -0.893. The van der Waals surface area contributed by atoms with Crippen LogP contribution in [0, 0.1) is 12.7 Å². The Morgan fingerprint density at radius 1 is 1.00 bits per heavy atom. The number of halogens is 1. The van der Waals surface area contributed by atoms with Gasteiger partial charge in [-0.3, -0.25) is 9.59 Å². The maximum atomic E-state index is 13.1. The van der Waals surface area contributed by atoms with Gasteiger partial charge in [0, 0.05) is 18.3 Å². The molecule has 0 aliphatic rings. The number of thiazole rings is 1. The van der Waals surface area contributed by atoms with Gasteiger partial charge < -0.3 is 10.6 Å². The number of anilines is 1. The van der Waals surface area contributed by atoms with Crippen LogP contribution in [0.25, 0.3) is 10.4 Å². The highest BCUT2D eigenvalue weighted by Gasteiger charge is 2.18. The molecule has 2 aromatic carbocycles. The van der Waals surface area contributed by atoms with Crippen molar-refractivity contribution in [1.82, 2.24) is 10.3 Å². The zero-order valence-electron chi connectivity index (χ0n) is 14.2.